The minimum Gasteiger partial charge on any atom is -0.370 e. The van der Waals surface area contributed by atoms with E-state index in [0.29, 0.717) is 24.6 Å². The molecule has 0 spiro atoms. The second-order valence-corrected chi connectivity index (χ2v) is 6.16. The van der Waals surface area contributed by atoms with E-state index in [2.05, 4.69) is 20.6 Å². The van der Waals surface area contributed by atoms with Gasteiger partial charge in [-0.15, -0.1) is 0 Å². The molecule has 2 N–H and O–H groups in total. The first-order chi connectivity index (χ1) is 13.3. The molecule has 0 atom stereocenters. The summed E-state index contributed by atoms with van der Waals surface area (Å²) in [6.07, 6.45) is -3.83. The first kappa shape index (κ1) is 19.6. The Morgan fingerprint density at radius 3 is 2.32 bits per heavy atom. The topological polar surface area (TPSA) is 49.8 Å². The van der Waals surface area contributed by atoms with Crippen molar-refractivity contribution in [2.75, 3.05) is 17.2 Å². The highest BCUT2D eigenvalue weighted by Crippen LogP contribution is 2.35. The number of para-hydroxylation sites is 1. The van der Waals surface area contributed by atoms with Crippen molar-refractivity contribution >= 4 is 17.3 Å². The van der Waals surface area contributed by atoms with E-state index in [1.54, 1.807) is 25.1 Å². The van der Waals surface area contributed by atoms with Crippen LogP contribution >= 0.6 is 0 Å². The number of nitrogens with zero attached hydrogens (tertiary/aromatic N) is 2. The lowest BCUT2D eigenvalue weighted by atomic mass is 10.1. The van der Waals surface area contributed by atoms with Gasteiger partial charge in [-0.25, -0.2) is 14.4 Å². The molecule has 4 nitrogen and oxygen atoms in total. The number of aromatic nitrogens is 2. The van der Waals surface area contributed by atoms with Gasteiger partial charge in [0.2, 0.25) is 0 Å². The number of halogens is 4. The van der Waals surface area contributed by atoms with Gasteiger partial charge in [-0.05, 0) is 43.2 Å². The molecule has 0 saturated carbocycles. The fraction of sp³-hybridized carbons (Fsp3) is 0.200. The summed E-state index contributed by atoms with van der Waals surface area (Å²) in [4.78, 5) is 8.40. The van der Waals surface area contributed by atoms with Crippen LogP contribution < -0.4 is 10.6 Å². The third-order valence-electron chi connectivity index (χ3n) is 3.97. The molecule has 0 bridgehead atoms. The number of aryl methyl sites for hydroxylation is 1. The van der Waals surface area contributed by atoms with Gasteiger partial charge in [-0.2, -0.15) is 13.2 Å². The quantitative estimate of drug-likeness (QED) is 0.558. The molecule has 0 unspecified atom stereocenters. The van der Waals surface area contributed by atoms with Crippen LogP contribution in [0.5, 0.6) is 0 Å². The summed E-state index contributed by atoms with van der Waals surface area (Å²) in [6, 6.07) is 12.9. The Balaban J connectivity index is 1.71. The largest absolute Gasteiger partial charge is 0.418 e. The van der Waals surface area contributed by atoms with Gasteiger partial charge in [0.1, 0.15) is 23.3 Å². The number of benzene rings is 2. The average molecular weight is 390 g/mol. The van der Waals surface area contributed by atoms with Crippen LogP contribution in [0.15, 0.2) is 54.6 Å². The number of anilines is 3. The van der Waals surface area contributed by atoms with Crippen LogP contribution in [-0.4, -0.2) is 16.5 Å². The van der Waals surface area contributed by atoms with Gasteiger partial charge in [-0.1, -0.05) is 24.3 Å². The molecule has 2 aromatic carbocycles. The molecular weight excluding hydrogens is 372 g/mol. The first-order valence-electron chi connectivity index (χ1n) is 8.58. The molecule has 0 radical (unpaired) electrons. The Morgan fingerprint density at radius 1 is 0.929 bits per heavy atom. The Hall–Kier alpha value is -3.16. The van der Waals surface area contributed by atoms with Gasteiger partial charge < -0.3 is 10.6 Å². The van der Waals surface area contributed by atoms with Gasteiger partial charge in [0.05, 0.1) is 11.3 Å². The van der Waals surface area contributed by atoms with Gasteiger partial charge in [0.15, 0.2) is 0 Å². The lowest BCUT2D eigenvalue weighted by Crippen LogP contribution is -2.11. The van der Waals surface area contributed by atoms with E-state index < -0.39 is 11.7 Å². The van der Waals surface area contributed by atoms with Crippen LogP contribution in [0.1, 0.15) is 17.0 Å². The summed E-state index contributed by atoms with van der Waals surface area (Å²) in [5, 5.41) is 5.83. The summed E-state index contributed by atoms with van der Waals surface area (Å²) in [5.74, 6) is 0.867. The zero-order valence-electron chi connectivity index (χ0n) is 15.0. The van der Waals surface area contributed by atoms with E-state index in [1.165, 1.54) is 30.3 Å². The van der Waals surface area contributed by atoms with Crippen LogP contribution in [0.25, 0.3) is 0 Å². The highest BCUT2D eigenvalue weighted by Gasteiger charge is 2.33. The van der Waals surface area contributed by atoms with E-state index in [1.807, 2.05) is 0 Å². The smallest absolute Gasteiger partial charge is 0.370 e. The van der Waals surface area contributed by atoms with Crippen molar-refractivity contribution in [2.45, 2.75) is 19.5 Å². The summed E-state index contributed by atoms with van der Waals surface area (Å²) < 4.78 is 52.4. The Kier molecular flexibility index (Phi) is 5.77. The number of nitrogens with one attached hydrogen (secondary N) is 2. The minimum absolute atomic E-state index is 0.0784. The highest BCUT2D eigenvalue weighted by molar-refractivity contribution is 5.63. The van der Waals surface area contributed by atoms with Gasteiger partial charge >= 0.3 is 6.18 Å². The lowest BCUT2D eigenvalue weighted by Gasteiger charge is -2.15. The van der Waals surface area contributed by atoms with Crippen molar-refractivity contribution in [1.82, 2.24) is 9.97 Å². The second kappa shape index (κ2) is 8.24. The van der Waals surface area contributed by atoms with E-state index >= 15 is 0 Å². The zero-order valence-corrected chi connectivity index (χ0v) is 15.0. The highest BCUT2D eigenvalue weighted by atomic mass is 19.4. The monoisotopic (exact) mass is 390 g/mol. The standard InChI is InChI=1S/C20H18F4N4/c1-13-26-18(25-11-10-14-6-8-15(21)9-7-14)12-19(27-13)28-17-5-3-2-4-16(17)20(22,23)24/h2-9,12H,10-11H2,1H3,(H2,25,26,27,28). The SMILES string of the molecule is Cc1nc(NCCc2ccc(F)cc2)cc(Nc2ccccc2C(F)(F)F)n1. The Labute approximate surface area is 159 Å². The van der Waals surface area contributed by atoms with Crippen LogP contribution in [0.2, 0.25) is 0 Å². The molecule has 146 valence electrons. The van der Waals surface area contributed by atoms with E-state index in [9.17, 15) is 17.6 Å². The zero-order chi connectivity index (χ0) is 20.1. The molecule has 0 aliphatic heterocycles. The maximum atomic E-state index is 13.2. The van der Waals surface area contributed by atoms with Crippen molar-refractivity contribution < 1.29 is 17.6 Å². The summed E-state index contributed by atoms with van der Waals surface area (Å²) in [5.41, 5.74) is 0.111. The van der Waals surface area contributed by atoms with E-state index in [0.717, 1.165) is 11.6 Å². The normalized spacial score (nSPS) is 11.3. The Morgan fingerprint density at radius 2 is 1.61 bits per heavy atom. The van der Waals surface area contributed by atoms with Crippen molar-refractivity contribution in [2.24, 2.45) is 0 Å². The molecule has 0 aliphatic rings. The first-order valence-corrected chi connectivity index (χ1v) is 8.58. The van der Waals surface area contributed by atoms with Crippen LogP contribution in [0.4, 0.5) is 34.9 Å². The average Bonchev–Trinajstić information content (AvgIpc) is 2.62. The molecule has 3 rings (SSSR count). The molecule has 1 heterocycles. The number of rotatable bonds is 6. The Bertz CT molecular complexity index is 940. The predicted octanol–water partition coefficient (Wildman–Crippen LogP) is 5.34. The molecule has 28 heavy (non-hydrogen) atoms. The number of hydrogen-bond donors (Lipinski definition) is 2. The minimum atomic E-state index is -4.47. The van der Waals surface area contributed by atoms with Gasteiger partial charge in [-0.3, -0.25) is 0 Å². The summed E-state index contributed by atoms with van der Waals surface area (Å²) in [6.45, 7) is 2.19. The maximum absolute atomic E-state index is 13.2. The van der Waals surface area contributed by atoms with Crippen LogP contribution in [0.3, 0.4) is 0 Å². The van der Waals surface area contributed by atoms with Crippen molar-refractivity contribution in [3.8, 4) is 0 Å². The van der Waals surface area contributed by atoms with Gasteiger partial charge in [0.25, 0.3) is 0 Å². The molecule has 0 fully saturated rings. The molecule has 8 heteroatoms. The van der Waals surface area contributed by atoms with Crippen LogP contribution in [0, 0.1) is 12.7 Å². The fourth-order valence-electron chi connectivity index (χ4n) is 2.69. The van der Waals surface area contributed by atoms with Gasteiger partial charge in [0, 0.05) is 12.6 Å². The summed E-state index contributed by atoms with van der Waals surface area (Å²) in [7, 11) is 0. The number of alkyl halides is 3. The third-order valence-corrected chi connectivity index (χ3v) is 3.97. The fourth-order valence-corrected chi connectivity index (χ4v) is 2.69. The van der Waals surface area contributed by atoms with Crippen molar-refractivity contribution in [3.63, 3.8) is 0 Å². The van der Waals surface area contributed by atoms with Crippen LogP contribution in [-0.2, 0) is 12.6 Å². The molecule has 0 aliphatic carbocycles. The molecular formula is C20H18F4N4. The number of hydrogen-bond acceptors (Lipinski definition) is 4. The molecule has 0 amide bonds. The maximum Gasteiger partial charge on any atom is 0.418 e. The molecule has 1 aromatic heterocycles. The lowest BCUT2D eigenvalue weighted by molar-refractivity contribution is -0.136. The third kappa shape index (κ3) is 5.18. The van der Waals surface area contributed by atoms with E-state index in [-0.39, 0.29) is 17.3 Å². The predicted molar refractivity (Wildman–Crippen MR) is 100 cm³/mol. The molecule has 0 saturated heterocycles. The summed E-state index contributed by atoms with van der Waals surface area (Å²) >= 11 is 0. The molecule has 3 aromatic rings. The van der Waals surface area contributed by atoms with E-state index in [4.69, 9.17) is 0 Å². The van der Waals surface area contributed by atoms with Crippen molar-refractivity contribution in [1.29, 1.82) is 0 Å². The van der Waals surface area contributed by atoms with Crippen molar-refractivity contribution in [3.05, 3.63) is 77.4 Å². The second-order valence-electron chi connectivity index (χ2n) is 6.16.